The van der Waals surface area contributed by atoms with Crippen molar-refractivity contribution >= 4 is 23.3 Å². The molecule has 4 nitrogen and oxygen atoms in total. The third-order valence-corrected chi connectivity index (χ3v) is 2.86. The molecule has 0 radical (unpaired) electrons. The molecule has 1 aromatic rings. The standard InChI is InChI=1S/C13H15ClN2O2/c1-2-4-9(7-13(17)18)16-12-6-3-5-11(14)10(12)8-15/h3,5-6,9,16H,2,4,7H2,1H3,(H,17,18). The molecular formula is C13H15ClN2O2. The van der Waals surface area contributed by atoms with Gasteiger partial charge in [-0.25, -0.2) is 0 Å². The Morgan fingerprint density at radius 2 is 2.33 bits per heavy atom. The van der Waals surface area contributed by atoms with Crippen molar-refractivity contribution in [3.05, 3.63) is 28.8 Å². The number of carbonyl (C=O) groups is 1. The molecule has 0 aliphatic heterocycles. The highest BCUT2D eigenvalue weighted by molar-refractivity contribution is 6.32. The maximum Gasteiger partial charge on any atom is 0.305 e. The van der Waals surface area contributed by atoms with Crippen LogP contribution in [0.15, 0.2) is 18.2 Å². The van der Waals surface area contributed by atoms with Crippen LogP contribution in [0.25, 0.3) is 0 Å². The van der Waals surface area contributed by atoms with E-state index < -0.39 is 5.97 Å². The number of nitrogens with zero attached hydrogens (tertiary/aromatic N) is 1. The van der Waals surface area contributed by atoms with Crippen LogP contribution in [0, 0.1) is 11.3 Å². The number of anilines is 1. The van der Waals surface area contributed by atoms with Gasteiger partial charge in [0.15, 0.2) is 0 Å². The number of hydrogen-bond acceptors (Lipinski definition) is 3. The molecule has 1 atom stereocenters. The monoisotopic (exact) mass is 266 g/mol. The van der Waals surface area contributed by atoms with Crippen molar-refractivity contribution in [2.45, 2.75) is 32.2 Å². The van der Waals surface area contributed by atoms with Gasteiger partial charge in [-0.3, -0.25) is 4.79 Å². The van der Waals surface area contributed by atoms with Crippen molar-refractivity contribution in [3.8, 4) is 6.07 Å². The van der Waals surface area contributed by atoms with Crippen molar-refractivity contribution in [2.24, 2.45) is 0 Å². The molecule has 0 heterocycles. The SMILES string of the molecule is CCCC(CC(=O)O)Nc1cccc(Cl)c1C#N. The summed E-state index contributed by atoms with van der Waals surface area (Å²) in [7, 11) is 0. The van der Waals surface area contributed by atoms with Crippen LogP contribution >= 0.6 is 11.6 Å². The number of nitrogens with one attached hydrogen (secondary N) is 1. The van der Waals surface area contributed by atoms with Crippen LogP contribution in [0.4, 0.5) is 5.69 Å². The molecule has 0 saturated heterocycles. The fourth-order valence-corrected chi connectivity index (χ4v) is 1.98. The molecular weight excluding hydrogens is 252 g/mol. The number of carboxylic acid groups (broad SMARTS) is 1. The van der Waals surface area contributed by atoms with Crippen molar-refractivity contribution in [2.75, 3.05) is 5.32 Å². The summed E-state index contributed by atoms with van der Waals surface area (Å²) in [6, 6.07) is 6.93. The zero-order valence-electron chi connectivity index (χ0n) is 10.1. The van der Waals surface area contributed by atoms with Gasteiger partial charge in [-0.1, -0.05) is 31.0 Å². The van der Waals surface area contributed by atoms with Gasteiger partial charge in [0.05, 0.1) is 22.7 Å². The fraction of sp³-hybridized carbons (Fsp3) is 0.385. The zero-order valence-corrected chi connectivity index (χ0v) is 10.9. The Hall–Kier alpha value is -1.73. The van der Waals surface area contributed by atoms with Crippen LogP contribution in [0.2, 0.25) is 5.02 Å². The first kappa shape index (κ1) is 14.3. The first-order valence-corrected chi connectivity index (χ1v) is 6.13. The number of halogens is 1. The molecule has 0 bridgehead atoms. The highest BCUT2D eigenvalue weighted by atomic mass is 35.5. The molecule has 0 aromatic heterocycles. The molecule has 5 heteroatoms. The minimum Gasteiger partial charge on any atom is -0.481 e. The van der Waals surface area contributed by atoms with Crippen molar-refractivity contribution in [3.63, 3.8) is 0 Å². The highest BCUT2D eigenvalue weighted by Gasteiger charge is 2.14. The highest BCUT2D eigenvalue weighted by Crippen LogP contribution is 2.24. The first-order valence-electron chi connectivity index (χ1n) is 5.75. The topological polar surface area (TPSA) is 73.1 Å². The minimum absolute atomic E-state index is 0.0191. The van der Waals surface area contributed by atoms with Crippen molar-refractivity contribution in [1.29, 1.82) is 5.26 Å². The summed E-state index contributed by atoms with van der Waals surface area (Å²) < 4.78 is 0. The third kappa shape index (κ3) is 3.94. The fourth-order valence-electron chi connectivity index (χ4n) is 1.76. The maximum atomic E-state index is 10.8. The number of nitriles is 1. The molecule has 96 valence electrons. The molecule has 0 aliphatic carbocycles. The molecule has 0 aliphatic rings. The second kappa shape index (κ2) is 6.87. The summed E-state index contributed by atoms with van der Waals surface area (Å²) in [5, 5.41) is 21.3. The second-order valence-electron chi connectivity index (χ2n) is 4.00. The van der Waals surface area contributed by atoms with Gasteiger partial charge in [-0.05, 0) is 18.6 Å². The summed E-state index contributed by atoms with van der Waals surface area (Å²) >= 11 is 5.92. The maximum absolute atomic E-state index is 10.8. The van der Waals surface area contributed by atoms with Gasteiger partial charge in [-0.15, -0.1) is 0 Å². The average molecular weight is 267 g/mol. The van der Waals surface area contributed by atoms with E-state index in [2.05, 4.69) is 5.32 Å². The lowest BCUT2D eigenvalue weighted by Gasteiger charge is -2.18. The molecule has 1 rings (SSSR count). The van der Waals surface area contributed by atoms with E-state index in [1.165, 1.54) is 0 Å². The number of aliphatic carboxylic acids is 1. The summed E-state index contributed by atoms with van der Waals surface area (Å²) in [6.45, 7) is 1.99. The molecule has 0 fully saturated rings. The van der Waals surface area contributed by atoms with Crippen LogP contribution in [0.5, 0.6) is 0 Å². The normalized spacial score (nSPS) is 11.6. The van der Waals surface area contributed by atoms with E-state index in [1.54, 1.807) is 18.2 Å². The molecule has 18 heavy (non-hydrogen) atoms. The van der Waals surface area contributed by atoms with Crippen LogP contribution in [0.3, 0.4) is 0 Å². The Labute approximate surface area is 111 Å². The summed E-state index contributed by atoms with van der Waals surface area (Å²) in [5.74, 6) is -0.860. The Morgan fingerprint density at radius 3 is 2.89 bits per heavy atom. The van der Waals surface area contributed by atoms with Crippen molar-refractivity contribution in [1.82, 2.24) is 0 Å². The van der Waals surface area contributed by atoms with Gasteiger partial charge in [-0.2, -0.15) is 5.26 Å². The summed E-state index contributed by atoms with van der Waals surface area (Å²) in [6.07, 6.45) is 1.61. The second-order valence-corrected chi connectivity index (χ2v) is 4.41. The first-order chi connectivity index (χ1) is 8.58. The van der Waals surface area contributed by atoms with E-state index in [-0.39, 0.29) is 12.5 Å². The summed E-state index contributed by atoms with van der Waals surface area (Å²) in [5.41, 5.74) is 0.940. The quantitative estimate of drug-likeness (QED) is 0.829. The minimum atomic E-state index is -0.860. The van der Waals surface area contributed by atoms with E-state index in [1.807, 2.05) is 13.0 Å². The molecule has 1 unspecified atom stereocenters. The Balaban J connectivity index is 2.90. The lowest BCUT2D eigenvalue weighted by Crippen LogP contribution is -2.23. The van der Waals surface area contributed by atoms with Crippen LogP contribution in [0.1, 0.15) is 31.7 Å². The smallest absolute Gasteiger partial charge is 0.305 e. The van der Waals surface area contributed by atoms with Gasteiger partial charge in [0.1, 0.15) is 6.07 Å². The Morgan fingerprint density at radius 1 is 1.61 bits per heavy atom. The number of benzene rings is 1. The number of carboxylic acids is 1. The van der Waals surface area contributed by atoms with Crippen LogP contribution < -0.4 is 5.32 Å². The number of rotatable bonds is 6. The largest absolute Gasteiger partial charge is 0.481 e. The van der Waals surface area contributed by atoms with Crippen LogP contribution in [-0.4, -0.2) is 17.1 Å². The van der Waals surface area contributed by atoms with Gasteiger partial charge >= 0.3 is 5.97 Å². The molecule has 0 spiro atoms. The van der Waals surface area contributed by atoms with Gasteiger partial charge in [0.25, 0.3) is 0 Å². The average Bonchev–Trinajstić information content (AvgIpc) is 2.28. The summed E-state index contributed by atoms with van der Waals surface area (Å²) in [4.78, 5) is 10.8. The van der Waals surface area contributed by atoms with Crippen molar-refractivity contribution < 1.29 is 9.90 Å². The van der Waals surface area contributed by atoms with E-state index in [0.717, 1.165) is 12.8 Å². The third-order valence-electron chi connectivity index (χ3n) is 2.54. The van der Waals surface area contributed by atoms with Gasteiger partial charge < -0.3 is 10.4 Å². The molecule has 1 aromatic carbocycles. The van der Waals surface area contributed by atoms with Gasteiger partial charge in [0.2, 0.25) is 0 Å². The van der Waals surface area contributed by atoms with Gasteiger partial charge in [0, 0.05) is 6.04 Å². The predicted octanol–water partition coefficient (Wildman–Crippen LogP) is 3.27. The van der Waals surface area contributed by atoms with E-state index in [4.69, 9.17) is 22.0 Å². The Kier molecular flexibility index (Phi) is 5.47. The van der Waals surface area contributed by atoms with E-state index in [0.29, 0.717) is 16.3 Å². The Bertz CT molecular complexity index is 469. The predicted molar refractivity (Wildman–Crippen MR) is 70.7 cm³/mol. The molecule has 0 saturated carbocycles. The molecule has 0 amide bonds. The lowest BCUT2D eigenvalue weighted by molar-refractivity contribution is -0.137. The van der Waals surface area contributed by atoms with E-state index >= 15 is 0 Å². The number of hydrogen-bond donors (Lipinski definition) is 2. The van der Waals surface area contributed by atoms with Crippen LogP contribution in [-0.2, 0) is 4.79 Å². The molecule has 2 N–H and O–H groups in total. The lowest BCUT2D eigenvalue weighted by atomic mass is 10.1. The van der Waals surface area contributed by atoms with E-state index in [9.17, 15) is 4.79 Å². The zero-order chi connectivity index (χ0) is 13.5.